The molecule has 0 aliphatic heterocycles. The summed E-state index contributed by atoms with van der Waals surface area (Å²) in [5.74, 6) is -0.459. The molecule has 0 N–H and O–H groups in total. The second-order valence-corrected chi connectivity index (χ2v) is 18.1. The Labute approximate surface area is 420 Å². The molecule has 0 spiro atoms. The van der Waals surface area contributed by atoms with E-state index in [-0.39, 0.29) is 25.2 Å². The molecular formula is C63H104O5. The van der Waals surface area contributed by atoms with E-state index in [4.69, 9.17) is 14.2 Å². The molecule has 0 aromatic heterocycles. The maximum Gasteiger partial charge on any atom is 0.306 e. The van der Waals surface area contributed by atoms with Gasteiger partial charge in [0.1, 0.15) is 6.61 Å². The standard InChI is InChI=1S/C63H104O5/c1-4-7-10-13-16-19-22-25-28-30-32-33-36-38-41-44-47-50-53-56-62(64)67-60-61(68-63(65)57-54-51-48-45-42-39-35-27-24-21-18-15-12-9-6-3)59-66-58-55-52-49-46-43-40-37-34-31-29-26-23-20-17-14-11-8-5-2/h7-8,10-11,16-17,19-20,25-29,32-35,37-38,41,61H,4-6,9,12-15,18,21-24,30-31,36,39-40,42-60H2,1-3H3/b10-7-,11-8-,19-16-,20-17-,28-25-,29-26-,33-32-,35-27-,37-34-,41-38-. The number of ether oxygens (including phenoxy) is 3. The second-order valence-electron chi connectivity index (χ2n) is 18.1. The minimum absolute atomic E-state index is 0.0499. The fourth-order valence-electron chi connectivity index (χ4n) is 7.34. The van der Waals surface area contributed by atoms with Gasteiger partial charge in [0.05, 0.1) is 6.61 Å². The highest BCUT2D eigenvalue weighted by Crippen LogP contribution is 2.13. The predicted molar refractivity (Wildman–Crippen MR) is 297 cm³/mol. The van der Waals surface area contributed by atoms with E-state index in [1.807, 2.05) is 0 Å². The van der Waals surface area contributed by atoms with Gasteiger partial charge in [-0.05, 0) is 128 Å². The van der Waals surface area contributed by atoms with Crippen molar-refractivity contribution in [3.63, 3.8) is 0 Å². The summed E-state index contributed by atoms with van der Waals surface area (Å²) >= 11 is 0. The number of hydrogen-bond acceptors (Lipinski definition) is 5. The Morgan fingerprint density at radius 1 is 0.338 bits per heavy atom. The molecule has 0 aliphatic rings. The van der Waals surface area contributed by atoms with Crippen molar-refractivity contribution in [2.45, 2.75) is 245 Å². The number of hydrogen-bond donors (Lipinski definition) is 0. The molecule has 0 amide bonds. The fraction of sp³-hybridized carbons (Fsp3) is 0.651. The Bertz CT molecular complexity index is 1390. The van der Waals surface area contributed by atoms with Gasteiger partial charge in [0.15, 0.2) is 6.10 Å². The first-order valence-corrected chi connectivity index (χ1v) is 28.1. The Balaban J connectivity index is 4.41. The van der Waals surface area contributed by atoms with Gasteiger partial charge in [-0.1, -0.05) is 219 Å². The first-order valence-electron chi connectivity index (χ1n) is 28.1. The molecule has 0 saturated carbocycles. The third-order valence-corrected chi connectivity index (χ3v) is 11.5. The molecule has 0 aromatic carbocycles. The molecule has 1 atom stereocenters. The van der Waals surface area contributed by atoms with Crippen LogP contribution < -0.4 is 0 Å². The van der Waals surface area contributed by atoms with E-state index < -0.39 is 6.10 Å². The summed E-state index contributed by atoms with van der Waals surface area (Å²) in [6.45, 7) is 7.51. The van der Waals surface area contributed by atoms with Gasteiger partial charge in [0, 0.05) is 19.4 Å². The topological polar surface area (TPSA) is 61.8 Å². The average Bonchev–Trinajstić information content (AvgIpc) is 3.34. The Morgan fingerprint density at radius 3 is 1.09 bits per heavy atom. The summed E-state index contributed by atoms with van der Waals surface area (Å²) in [6, 6.07) is 0. The van der Waals surface area contributed by atoms with Crippen molar-refractivity contribution in [1.82, 2.24) is 0 Å². The molecule has 0 saturated heterocycles. The van der Waals surface area contributed by atoms with Crippen LogP contribution in [-0.4, -0.2) is 37.9 Å². The predicted octanol–water partition coefficient (Wildman–Crippen LogP) is 19.3. The van der Waals surface area contributed by atoms with Crippen molar-refractivity contribution in [3.8, 4) is 0 Å². The van der Waals surface area contributed by atoms with Crippen LogP contribution in [0.4, 0.5) is 0 Å². The summed E-state index contributed by atoms with van der Waals surface area (Å²) in [5, 5.41) is 0. The van der Waals surface area contributed by atoms with E-state index >= 15 is 0 Å². The highest BCUT2D eigenvalue weighted by Gasteiger charge is 2.17. The van der Waals surface area contributed by atoms with Crippen molar-refractivity contribution in [3.05, 3.63) is 122 Å². The lowest BCUT2D eigenvalue weighted by Crippen LogP contribution is -2.30. The van der Waals surface area contributed by atoms with Crippen molar-refractivity contribution >= 4 is 11.9 Å². The van der Waals surface area contributed by atoms with Gasteiger partial charge in [0.2, 0.25) is 0 Å². The number of carbonyl (C=O) groups excluding carboxylic acids is 2. The normalized spacial score (nSPS) is 13.2. The molecule has 5 heteroatoms. The highest BCUT2D eigenvalue weighted by molar-refractivity contribution is 5.70. The second kappa shape index (κ2) is 57.6. The minimum Gasteiger partial charge on any atom is -0.462 e. The highest BCUT2D eigenvalue weighted by atomic mass is 16.6. The zero-order valence-corrected chi connectivity index (χ0v) is 44.3. The minimum atomic E-state index is -0.573. The lowest BCUT2D eigenvalue weighted by molar-refractivity contribution is -0.163. The average molecular weight is 942 g/mol. The molecular weight excluding hydrogens is 837 g/mol. The van der Waals surface area contributed by atoms with Gasteiger partial charge in [-0.2, -0.15) is 0 Å². The number of unbranched alkanes of at least 4 members (excludes halogenated alkanes) is 19. The Hall–Kier alpha value is -3.70. The fourth-order valence-corrected chi connectivity index (χ4v) is 7.34. The van der Waals surface area contributed by atoms with Gasteiger partial charge >= 0.3 is 11.9 Å². The number of allylic oxidation sites excluding steroid dienone is 20. The molecule has 5 nitrogen and oxygen atoms in total. The number of rotatable bonds is 50. The van der Waals surface area contributed by atoms with Crippen LogP contribution >= 0.6 is 0 Å². The van der Waals surface area contributed by atoms with Crippen LogP contribution in [0.2, 0.25) is 0 Å². The van der Waals surface area contributed by atoms with Crippen molar-refractivity contribution in [2.24, 2.45) is 0 Å². The van der Waals surface area contributed by atoms with Crippen LogP contribution in [0.1, 0.15) is 239 Å². The van der Waals surface area contributed by atoms with Crippen LogP contribution in [0.15, 0.2) is 122 Å². The van der Waals surface area contributed by atoms with Crippen LogP contribution in [0.3, 0.4) is 0 Å². The monoisotopic (exact) mass is 941 g/mol. The van der Waals surface area contributed by atoms with Crippen LogP contribution in [0.25, 0.3) is 0 Å². The lowest BCUT2D eigenvalue weighted by Gasteiger charge is -2.18. The summed E-state index contributed by atoms with van der Waals surface area (Å²) < 4.78 is 17.4. The largest absolute Gasteiger partial charge is 0.462 e. The molecule has 0 heterocycles. The molecule has 386 valence electrons. The van der Waals surface area contributed by atoms with Crippen molar-refractivity contribution in [1.29, 1.82) is 0 Å². The van der Waals surface area contributed by atoms with Crippen molar-refractivity contribution < 1.29 is 23.8 Å². The zero-order chi connectivity index (χ0) is 49.2. The van der Waals surface area contributed by atoms with E-state index in [0.717, 1.165) is 128 Å². The van der Waals surface area contributed by atoms with E-state index in [0.29, 0.717) is 19.4 Å². The maximum absolute atomic E-state index is 12.8. The van der Waals surface area contributed by atoms with Gasteiger partial charge in [-0.25, -0.2) is 0 Å². The molecule has 0 fully saturated rings. The molecule has 0 rings (SSSR count). The van der Waals surface area contributed by atoms with Crippen LogP contribution in [0.5, 0.6) is 0 Å². The van der Waals surface area contributed by atoms with Crippen LogP contribution in [0, 0.1) is 0 Å². The molecule has 0 aromatic rings. The summed E-state index contributed by atoms with van der Waals surface area (Å²) in [6.07, 6.45) is 80.7. The molecule has 0 aliphatic carbocycles. The lowest BCUT2D eigenvalue weighted by atomic mass is 10.1. The molecule has 1 unspecified atom stereocenters. The molecule has 0 bridgehead atoms. The first kappa shape index (κ1) is 64.3. The van der Waals surface area contributed by atoms with Crippen LogP contribution in [-0.2, 0) is 23.8 Å². The summed E-state index contributed by atoms with van der Waals surface area (Å²) in [5.41, 5.74) is 0. The maximum atomic E-state index is 12.8. The number of carbonyl (C=O) groups is 2. The van der Waals surface area contributed by atoms with E-state index in [2.05, 4.69) is 142 Å². The Morgan fingerprint density at radius 2 is 0.662 bits per heavy atom. The van der Waals surface area contributed by atoms with Crippen molar-refractivity contribution in [2.75, 3.05) is 19.8 Å². The summed E-state index contributed by atoms with van der Waals surface area (Å²) in [7, 11) is 0. The summed E-state index contributed by atoms with van der Waals surface area (Å²) in [4.78, 5) is 25.5. The Kier molecular flexibility index (Phi) is 54.5. The van der Waals surface area contributed by atoms with E-state index in [9.17, 15) is 9.59 Å². The SMILES string of the molecule is CC/C=C\C/C=C\C/C=C\C/C=C\C/C=C\CCCCCC(=O)OCC(COCCCCCCC/C=C\C/C=C\C/C=C\C/C=C\CC)OC(=O)CCCCCCC/C=C\CCCCCCCC. The first-order chi connectivity index (χ1) is 33.6. The van der Waals surface area contributed by atoms with Gasteiger partial charge in [-0.3, -0.25) is 9.59 Å². The quantitative estimate of drug-likeness (QED) is 0.0345. The van der Waals surface area contributed by atoms with Gasteiger partial charge < -0.3 is 14.2 Å². The van der Waals surface area contributed by atoms with E-state index in [1.54, 1.807) is 0 Å². The molecule has 68 heavy (non-hydrogen) atoms. The third-order valence-electron chi connectivity index (χ3n) is 11.5. The third kappa shape index (κ3) is 54.9. The van der Waals surface area contributed by atoms with Gasteiger partial charge in [-0.15, -0.1) is 0 Å². The smallest absolute Gasteiger partial charge is 0.306 e. The van der Waals surface area contributed by atoms with E-state index in [1.165, 1.54) is 77.0 Å². The molecule has 0 radical (unpaired) electrons. The zero-order valence-electron chi connectivity index (χ0n) is 44.3. The number of esters is 2. The van der Waals surface area contributed by atoms with Gasteiger partial charge in [0.25, 0.3) is 0 Å².